The summed E-state index contributed by atoms with van der Waals surface area (Å²) in [4.78, 5) is 13.0. The summed E-state index contributed by atoms with van der Waals surface area (Å²) in [7, 11) is 0. The zero-order valence-electron chi connectivity index (χ0n) is 16.2. The molecule has 2 aromatic carbocycles. The molecule has 0 aliphatic heterocycles. The quantitative estimate of drug-likeness (QED) is 0.711. The fourth-order valence-electron chi connectivity index (χ4n) is 3.33. The number of rotatable bonds is 8. The van der Waals surface area contributed by atoms with Crippen LogP contribution in [0.1, 0.15) is 47.0 Å². The molecule has 2 aromatic rings. The normalized spacial score (nSPS) is 17.5. The van der Waals surface area contributed by atoms with Gasteiger partial charge in [0.15, 0.2) is 0 Å². The number of hydrogen-bond donors (Lipinski definition) is 1. The van der Waals surface area contributed by atoms with E-state index >= 15 is 0 Å². The molecule has 2 unspecified atom stereocenters. The molecule has 140 valence electrons. The van der Waals surface area contributed by atoms with E-state index in [1.807, 2.05) is 50.2 Å². The lowest BCUT2D eigenvalue weighted by Crippen LogP contribution is -2.44. The highest BCUT2D eigenvalue weighted by molar-refractivity contribution is 6.06. The van der Waals surface area contributed by atoms with Crippen LogP contribution in [-0.2, 0) is 9.53 Å². The molecule has 0 aromatic heterocycles. The number of fused-ring (bicyclic) bond motifs is 1. The van der Waals surface area contributed by atoms with Crippen LogP contribution in [0.15, 0.2) is 36.4 Å². The number of hydrogen-bond acceptors (Lipinski definition) is 3. The third-order valence-electron chi connectivity index (χ3n) is 5.29. The molecule has 0 saturated heterocycles. The van der Waals surface area contributed by atoms with E-state index in [2.05, 4.69) is 19.2 Å². The molecule has 1 fully saturated rings. The molecule has 3 rings (SSSR count). The van der Waals surface area contributed by atoms with Crippen LogP contribution in [0.2, 0.25) is 0 Å². The smallest absolute Gasteiger partial charge is 0.256 e. The summed E-state index contributed by atoms with van der Waals surface area (Å²) >= 11 is 0. The Bertz CT molecular complexity index is 784. The number of amides is 1. The van der Waals surface area contributed by atoms with Gasteiger partial charge >= 0.3 is 0 Å². The first-order valence-electron chi connectivity index (χ1n) is 9.63. The summed E-state index contributed by atoms with van der Waals surface area (Å²) in [5.41, 5.74) is 0.0376. The van der Waals surface area contributed by atoms with Crippen molar-refractivity contribution in [1.29, 1.82) is 0 Å². The van der Waals surface area contributed by atoms with Gasteiger partial charge in [0, 0.05) is 23.1 Å². The second kappa shape index (κ2) is 7.67. The molecule has 1 aliphatic rings. The van der Waals surface area contributed by atoms with Gasteiger partial charge in [0.05, 0.1) is 6.10 Å². The lowest BCUT2D eigenvalue weighted by atomic mass is 9.98. The van der Waals surface area contributed by atoms with Gasteiger partial charge in [-0.3, -0.25) is 4.79 Å². The number of carbonyl (C=O) groups is 1. The molecule has 1 amide bonds. The third-order valence-corrected chi connectivity index (χ3v) is 5.29. The Hall–Kier alpha value is -2.07. The van der Waals surface area contributed by atoms with E-state index in [0.29, 0.717) is 12.5 Å². The van der Waals surface area contributed by atoms with E-state index in [9.17, 15) is 4.79 Å². The predicted octanol–water partition coefficient (Wildman–Crippen LogP) is 5.16. The van der Waals surface area contributed by atoms with Crippen LogP contribution >= 0.6 is 0 Å². The second-order valence-electron chi connectivity index (χ2n) is 7.26. The first kappa shape index (κ1) is 18.7. The highest BCUT2D eigenvalue weighted by Crippen LogP contribution is 2.43. The maximum absolute atomic E-state index is 13.0. The van der Waals surface area contributed by atoms with E-state index < -0.39 is 5.60 Å². The fourth-order valence-corrected chi connectivity index (χ4v) is 3.33. The summed E-state index contributed by atoms with van der Waals surface area (Å²) in [6.45, 7) is 8.54. The summed E-state index contributed by atoms with van der Waals surface area (Å²) in [6, 6.07) is 11.9. The molecule has 4 heteroatoms. The molecule has 0 bridgehead atoms. The number of benzene rings is 2. The highest BCUT2D eigenvalue weighted by atomic mass is 16.5. The van der Waals surface area contributed by atoms with Crippen LogP contribution in [0.3, 0.4) is 0 Å². The Labute approximate surface area is 155 Å². The number of carbonyl (C=O) groups excluding carboxylic acids is 1. The molecular formula is C22H29NO3. The molecule has 1 saturated carbocycles. The van der Waals surface area contributed by atoms with Gasteiger partial charge in [0.1, 0.15) is 11.4 Å². The number of nitrogens with one attached hydrogen (secondary N) is 1. The first-order chi connectivity index (χ1) is 12.5. The van der Waals surface area contributed by atoms with Gasteiger partial charge in [-0.25, -0.2) is 0 Å². The first-order valence-corrected chi connectivity index (χ1v) is 9.63. The topological polar surface area (TPSA) is 47.6 Å². The second-order valence-corrected chi connectivity index (χ2v) is 7.26. The van der Waals surface area contributed by atoms with Gasteiger partial charge in [-0.1, -0.05) is 31.2 Å². The minimum Gasteiger partial charge on any atom is -0.490 e. The van der Waals surface area contributed by atoms with Gasteiger partial charge in [-0.2, -0.15) is 0 Å². The van der Waals surface area contributed by atoms with E-state index in [0.717, 1.165) is 41.5 Å². The van der Waals surface area contributed by atoms with Crippen molar-refractivity contribution >= 4 is 22.4 Å². The van der Waals surface area contributed by atoms with Crippen LogP contribution in [0.4, 0.5) is 5.69 Å². The minimum atomic E-state index is -0.762. The van der Waals surface area contributed by atoms with Crippen molar-refractivity contribution < 1.29 is 14.3 Å². The van der Waals surface area contributed by atoms with E-state index in [1.165, 1.54) is 0 Å². The zero-order valence-corrected chi connectivity index (χ0v) is 16.2. The van der Waals surface area contributed by atoms with E-state index in [4.69, 9.17) is 9.47 Å². The minimum absolute atomic E-state index is 0.0670. The Kier molecular flexibility index (Phi) is 5.52. The SMILES string of the molecule is CCOC(C)(C(=O)Nc1ccc(OC(C)CC)c2ccccc12)C1CC1. The van der Waals surface area contributed by atoms with Crippen LogP contribution in [0.5, 0.6) is 5.75 Å². The molecule has 2 atom stereocenters. The average molecular weight is 355 g/mol. The van der Waals surface area contributed by atoms with E-state index in [1.54, 1.807) is 0 Å². The van der Waals surface area contributed by atoms with Crippen LogP contribution in [0, 0.1) is 5.92 Å². The van der Waals surface area contributed by atoms with Crippen molar-refractivity contribution in [1.82, 2.24) is 0 Å². The maximum atomic E-state index is 13.0. The summed E-state index contributed by atoms with van der Waals surface area (Å²) in [6.07, 6.45) is 3.19. The Morgan fingerprint density at radius 3 is 2.50 bits per heavy atom. The maximum Gasteiger partial charge on any atom is 0.256 e. The van der Waals surface area contributed by atoms with Gasteiger partial charge in [0.2, 0.25) is 0 Å². The van der Waals surface area contributed by atoms with Crippen molar-refractivity contribution in [2.24, 2.45) is 5.92 Å². The van der Waals surface area contributed by atoms with Crippen molar-refractivity contribution in [3.8, 4) is 5.75 Å². The molecule has 1 aliphatic carbocycles. The van der Waals surface area contributed by atoms with Crippen molar-refractivity contribution in [3.63, 3.8) is 0 Å². The molecule has 1 N–H and O–H groups in total. The average Bonchev–Trinajstić information content (AvgIpc) is 3.49. The lowest BCUT2D eigenvalue weighted by Gasteiger charge is -2.28. The largest absolute Gasteiger partial charge is 0.490 e. The van der Waals surface area contributed by atoms with E-state index in [-0.39, 0.29) is 12.0 Å². The van der Waals surface area contributed by atoms with Crippen LogP contribution in [-0.4, -0.2) is 24.2 Å². The monoisotopic (exact) mass is 355 g/mol. The fraction of sp³-hybridized carbons (Fsp3) is 0.500. The van der Waals surface area contributed by atoms with Crippen molar-refractivity contribution in [3.05, 3.63) is 36.4 Å². The molecule has 4 nitrogen and oxygen atoms in total. The number of anilines is 1. The van der Waals surface area contributed by atoms with Gasteiger partial charge in [0.25, 0.3) is 5.91 Å². The standard InChI is InChI=1S/C22H29NO3/c1-5-15(3)26-20-14-13-19(17-9-7-8-10-18(17)20)23-21(24)22(4,25-6-2)16-11-12-16/h7-10,13-16H,5-6,11-12H2,1-4H3,(H,23,24). The van der Waals surface area contributed by atoms with Gasteiger partial charge in [-0.05, 0) is 58.1 Å². The predicted molar refractivity (Wildman–Crippen MR) is 106 cm³/mol. The highest BCUT2D eigenvalue weighted by Gasteiger charge is 2.48. The molecule has 0 spiro atoms. The molecular weight excluding hydrogens is 326 g/mol. The summed E-state index contributed by atoms with van der Waals surface area (Å²) in [5, 5.41) is 5.10. The lowest BCUT2D eigenvalue weighted by molar-refractivity contribution is -0.141. The van der Waals surface area contributed by atoms with Gasteiger partial charge in [-0.15, -0.1) is 0 Å². The molecule has 26 heavy (non-hydrogen) atoms. The summed E-state index contributed by atoms with van der Waals surface area (Å²) < 4.78 is 11.9. The van der Waals surface area contributed by atoms with Crippen LogP contribution in [0.25, 0.3) is 10.8 Å². The zero-order chi connectivity index (χ0) is 18.7. The Balaban J connectivity index is 1.91. The van der Waals surface area contributed by atoms with Crippen molar-refractivity contribution in [2.75, 3.05) is 11.9 Å². The Morgan fingerprint density at radius 1 is 1.19 bits per heavy atom. The van der Waals surface area contributed by atoms with Crippen LogP contribution < -0.4 is 10.1 Å². The molecule has 0 heterocycles. The molecule has 0 radical (unpaired) electrons. The number of ether oxygens (including phenoxy) is 2. The van der Waals surface area contributed by atoms with Gasteiger partial charge < -0.3 is 14.8 Å². The summed E-state index contributed by atoms with van der Waals surface area (Å²) in [5.74, 6) is 1.09. The third kappa shape index (κ3) is 3.70. The Morgan fingerprint density at radius 2 is 1.88 bits per heavy atom. The van der Waals surface area contributed by atoms with Crippen molar-refractivity contribution in [2.45, 2.75) is 58.7 Å².